The number of hydrogen-bond acceptors (Lipinski definition) is 3. The van der Waals surface area contributed by atoms with Gasteiger partial charge in [-0.25, -0.2) is 4.79 Å². The maximum absolute atomic E-state index is 11.9. The van der Waals surface area contributed by atoms with Crippen LogP contribution >= 0.6 is 0 Å². The number of carbonyl (C=O) groups is 1. The van der Waals surface area contributed by atoms with Crippen LogP contribution in [0.4, 0.5) is 4.79 Å². The van der Waals surface area contributed by atoms with Crippen molar-refractivity contribution in [2.75, 3.05) is 13.1 Å². The average molecular weight is 248 g/mol. The summed E-state index contributed by atoms with van der Waals surface area (Å²) in [7, 11) is 0. The molecular formula is C14H20N2O2. The number of likely N-dealkylation sites (tertiary alicyclic amines) is 1. The van der Waals surface area contributed by atoms with E-state index in [-0.39, 0.29) is 17.6 Å². The van der Waals surface area contributed by atoms with Gasteiger partial charge in [0, 0.05) is 19.1 Å². The number of rotatable bonds is 2. The Morgan fingerprint density at radius 2 is 2.11 bits per heavy atom. The highest BCUT2D eigenvalue weighted by Gasteiger charge is 2.39. The van der Waals surface area contributed by atoms with Crippen LogP contribution in [-0.4, -0.2) is 30.1 Å². The molecule has 2 N–H and O–H groups in total. The van der Waals surface area contributed by atoms with Gasteiger partial charge < -0.3 is 15.4 Å². The van der Waals surface area contributed by atoms with E-state index in [0.717, 1.165) is 5.56 Å². The third kappa shape index (κ3) is 2.82. The van der Waals surface area contributed by atoms with Crippen molar-refractivity contribution in [1.82, 2.24) is 4.90 Å². The van der Waals surface area contributed by atoms with Gasteiger partial charge >= 0.3 is 6.09 Å². The molecule has 0 spiro atoms. The third-order valence-corrected chi connectivity index (χ3v) is 3.48. The van der Waals surface area contributed by atoms with Gasteiger partial charge in [0.2, 0.25) is 0 Å². The Balaban J connectivity index is 1.87. The predicted molar refractivity (Wildman–Crippen MR) is 70.0 cm³/mol. The molecule has 0 saturated carbocycles. The van der Waals surface area contributed by atoms with Crippen molar-refractivity contribution < 1.29 is 9.53 Å². The highest BCUT2D eigenvalue weighted by atomic mass is 16.6. The van der Waals surface area contributed by atoms with E-state index < -0.39 is 0 Å². The summed E-state index contributed by atoms with van der Waals surface area (Å²) < 4.78 is 5.29. The van der Waals surface area contributed by atoms with Crippen LogP contribution in [0.15, 0.2) is 30.3 Å². The van der Waals surface area contributed by atoms with Crippen LogP contribution < -0.4 is 5.73 Å². The van der Waals surface area contributed by atoms with Crippen LogP contribution in [0.2, 0.25) is 0 Å². The fourth-order valence-electron chi connectivity index (χ4n) is 2.11. The highest BCUT2D eigenvalue weighted by molar-refractivity contribution is 5.68. The Labute approximate surface area is 108 Å². The number of nitrogens with two attached hydrogens (primary N) is 1. The summed E-state index contributed by atoms with van der Waals surface area (Å²) >= 11 is 0. The van der Waals surface area contributed by atoms with Gasteiger partial charge in [0.1, 0.15) is 6.61 Å². The Bertz CT molecular complexity index is 417. The third-order valence-electron chi connectivity index (χ3n) is 3.48. The first-order valence-corrected chi connectivity index (χ1v) is 6.20. The molecule has 1 atom stereocenters. The molecule has 0 bridgehead atoms. The van der Waals surface area contributed by atoms with Gasteiger partial charge in [0.15, 0.2) is 0 Å². The molecule has 0 aliphatic carbocycles. The van der Waals surface area contributed by atoms with Gasteiger partial charge in [0.05, 0.1) is 0 Å². The first-order valence-electron chi connectivity index (χ1n) is 6.20. The minimum absolute atomic E-state index is 0.0155. The summed E-state index contributed by atoms with van der Waals surface area (Å²) in [6, 6.07) is 9.69. The smallest absolute Gasteiger partial charge is 0.410 e. The Hall–Kier alpha value is -1.55. The lowest BCUT2D eigenvalue weighted by atomic mass is 9.89. The van der Waals surface area contributed by atoms with Crippen LogP contribution in [-0.2, 0) is 11.3 Å². The summed E-state index contributed by atoms with van der Waals surface area (Å²) in [4.78, 5) is 13.6. The lowest BCUT2D eigenvalue weighted by Gasteiger charge is -2.21. The number of hydrogen-bond donors (Lipinski definition) is 1. The van der Waals surface area contributed by atoms with Gasteiger partial charge in [0.25, 0.3) is 0 Å². The van der Waals surface area contributed by atoms with Crippen molar-refractivity contribution in [1.29, 1.82) is 0 Å². The zero-order valence-electron chi connectivity index (χ0n) is 10.9. The van der Waals surface area contributed by atoms with Crippen LogP contribution in [0.1, 0.15) is 19.4 Å². The average Bonchev–Trinajstić information content (AvgIpc) is 2.62. The second kappa shape index (κ2) is 4.98. The molecule has 18 heavy (non-hydrogen) atoms. The summed E-state index contributed by atoms with van der Waals surface area (Å²) in [5.74, 6) is 0. The molecular weight excluding hydrogens is 228 g/mol. The molecule has 1 amide bonds. The first kappa shape index (κ1) is 12.9. The number of benzene rings is 1. The van der Waals surface area contributed by atoms with Crippen LogP contribution in [0.25, 0.3) is 0 Å². The van der Waals surface area contributed by atoms with Crippen molar-refractivity contribution in [3.05, 3.63) is 35.9 Å². The minimum Gasteiger partial charge on any atom is -0.445 e. The summed E-state index contributed by atoms with van der Waals surface area (Å²) in [6.07, 6.45) is -0.278. The van der Waals surface area contributed by atoms with E-state index >= 15 is 0 Å². The van der Waals surface area contributed by atoms with Crippen molar-refractivity contribution in [3.8, 4) is 0 Å². The molecule has 1 aromatic rings. The van der Waals surface area contributed by atoms with Crippen LogP contribution in [0.3, 0.4) is 0 Å². The number of carbonyl (C=O) groups excluding carboxylic acids is 1. The van der Waals surface area contributed by atoms with Crippen LogP contribution in [0, 0.1) is 5.41 Å². The second-order valence-electron chi connectivity index (χ2n) is 5.52. The quantitative estimate of drug-likeness (QED) is 0.870. The van der Waals surface area contributed by atoms with Gasteiger partial charge in [-0.05, 0) is 11.0 Å². The Kier molecular flexibility index (Phi) is 3.57. The lowest BCUT2D eigenvalue weighted by molar-refractivity contribution is 0.101. The fraction of sp³-hybridized carbons (Fsp3) is 0.500. The number of amides is 1. The van der Waals surface area contributed by atoms with Crippen molar-refractivity contribution in [2.45, 2.75) is 26.5 Å². The van der Waals surface area contributed by atoms with Crippen molar-refractivity contribution >= 4 is 6.09 Å². The maximum Gasteiger partial charge on any atom is 0.410 e. The summed E-state index contributed by atoms with van der Waals surface area (Å²) in [5, 5.41) is 0. The molecule has 1 heterocycles. The molecule has 1 aliphatic rings. The Morgan fingerprint density at radius 1 is 1.44 bits per heavy atom. The summed E-state index contributed by atoms with van der Waals surface area (Å²) in [6.45, 7) is 5.68. The van der Waals surface area contributed by atoms with E-state index in [1.165, 1.54) is 0 Å². The second-order valence-corrected chi connectivity index (χ2v) is 5.52. The zero-order valence-corrected chi connectivity index (χ0v) is 10.9. The predicted octanol–water partition coefficient (Wildman–Crippen LogP) is 1.99. The van der Waals surface area contributed by atoms with E-state index in [2.05, 4.69) is 13.8 Å². The zero-order chi connectivity index (χ0) is 13.2. The van der Waals surface area contributed by atoms with Gasteiger partial charge in [-0.3, -0.25) is 0 Å². The van der Waals surface area contributed by atoms with E-state index in [1.54, 1.807) is 4.90 Å². The number of ether oxygens (including phenoxy) is 1. The standard InChI is InChI=1S/C14H20N2O2/c1-14(2)10-16(8-12(14)15)13(17)18-9-11-6-4-3-5-7-11/h3-7,12H,8-10,15H2,1-2H3/t12-/m0/s1. The van der Waals surface area contributed by atoms with E-state index in [1.807, 2.05) is 30.3 Å². The topological polar surface area (TPSA) is 55.6 Å². The largest absolute Gasteiger partial charge is 0.445 e. The molecule has 2 rings (SSSR count). The van der Waals surface area contributed by atoms with Gasteiger partial charge in [-0.2, -0.15) is 0 Å². The molecule has 0 unspecified atom stereocenters. The van der Waals surface area contributed by atoms with E-state index in [9.17, 15) is 4.79 Å². The minimum atomic E-state index is -0.278. The Morgan fingerprint density at radius 3 is 2.67 bits per heavy atom. The fourth-order valence-corrected chi connectivity index (χ4v) is 2.11. The summed E-state index contributed by atoms with van der Waals surface area (Å²) in [5.41, 5.74) is 6.96. The molecule has 1 aliphatic heterocycles. The molecule has 0 aromatic heterocycles. The molecule has 1 aromatic carbocycles. The monoisotopic (exact) mass is 248 g/mol. The maximum atomic E-state index is 11.9. The lowest BCUT2D eigenvalue weighted by Crippen LogP contribution is -2.35. The van der Waals surface area contributed by atoms with Crippen molar-refractivity contribution in [2.24, 2.45) is 11.1 Å². The molecule has 1 saturated heterocycles. The molecule has 0 radical (unpaired) electrons. The van der Waals surface area contributed by atoms with Crippen LogP contribution in [0.5, 0.6) is 0 Å². The SMILES string of the molecule is CC1(C)CN(C(=O)OCc2ccccc2)C[C@@H]1N. The molecule has 4 nitrogen and oxygen atoms in total. The van der Waals surface area contributed by atoms with E-state index in [0.29, 0.717) is 19.7 Å². The number of nitrogens with zero attached hydrogens (tertiary/aromatic N) is 1. The molecule has 98 valence electrons. The highest BCUT2D eigenvalue weighted by Crippen LogP contribution is 2.28. The van der Waals surface area contributed by atoms with Gasteiger partial charge in [-0.1, -0.05) is 44.2 Å². The van der Waals surface area contributed by atoms with Crippen molar-refractivity contribution in [3.63, 3.8) is 0 Å². The molecule has 4 heteroatoms. The van der Waals surface area contributed by atoms with E-state index in [4.69, 9.17) is 10.5 Å². The normalized spacial score (nSPS) is 21.9. The molecule has 1 fully saturated rings. The first-order chi connectivity index (χ1) is 8.49. The van der Waals surface area contributed by atoms with Gasteiger partial charge in [-0.15, -0.1) is 0 Å².